The monoisotopic (exact) mass is 473 g/mol. The molecule has 0 radical (unpaired) electrons. The summed E-state index contributed by atoms with van der Waals surface area (Å²) >= 11 is 0. The van der Waals surface area contributed by atoms with Gasteiger partial charge in [-0.15, -0.1) is 0 Å². The Bertz CT molecular complexity index is 1320. The van der Waals surface area contributed by atoms with E-state index in [9.17, 15) is 4.79 Å². The van der Waals surface area contributed by atoms with Crippen LogP contribution in [-0.2, 0) is 9.53 Å². The fourth-order valence-corrected chi connectivity index (χ4v) is 5.06. The van der Waals surface area contributed by atoms with Crippen LogP contribution < -0.4 is 14.8 Å². The Labute approximate surface area is 208 Å². The molecule has 0 aromatic heterocycles. The van der Waals surface area contributed by atoms with Crippen molar-refractivity contribution in [2.45, 2.75) is 47.5 Å². The first kappa shape index (κ1) is 24.8. The summed E-state index contributed by atoms with van der Waals surface area (Å²) in [5.74, 6) is 0.594. The number of allylic oxidation sites excluding steroid dienone is 3. The van der Waals surface area contributed by atoms with Crippen molar-refractivity contribution in [1.29, 1.82) is 0 Å². The Morgan fingerprint density at radius 1 is 1.03 bits per heavy atom. The smallest absolute Gasteiger partial charge is 0.334 e. The van der Waals surface area contributed by atoms with Gasteiger partial charge in [-0.25, -0.2) is 9.37 Å². The summed E-state index contributed by atoms with van der Waals surface area (Å²) in [4.78, 5) is 15.3. The van der Waals surface area contributed by atoms with Crippen LogP contribution in [0.3, 0.4) is 0 Å². The number of hydrogen-bond donors (Lipinski definition) is 0. The van der Waals surface area contributed by atoms with Crippen LogP contribution in [0.2, 0.25) is 0 Å². The van der Waals surface area contributed by atoms with Crippen LogP contribution in [0.1, 0.15) is 53.0 Å². The van der Waals surface area contributed by atoms with Crippen molar-refractivity contribution in [3.05, 3.63) is 65.0 Å². The van der Waals surface area contributed by atoms with Gasteiger partial charge in [0.05, 0.1) is 12.7 Å². The zero-order chi connectivity index (χ0) is 24.9. The molecule has 0 saturated heterocycles. The van der Waals surface area contributed by atoms with Crippen LogP contribution >= 0.6 is 0 Å². The highest BCUT2D eigenvalue weighted by Crippen LogP contribution is 2.41. The van der Waals surface area contributed by atoms with E-state index in [2.05, 4.69) is 85.7 Å². The van der Waals surface area contributed by atoms with Crippen LogP contribution in [-0.4, -0.2) is 38.8 Å². The third kappa shape index (κ3) is 4.77. The molecule has 5 nitrogen and oxygen atoms in total. The Morgan fingerprint density at radius 2 is 1.80 bits per heavy atom. The minimum absolute atomic E-state index is 0.228. The topological polar surface area (TPSA) is 45.7 Å². The summed E-state index contributed by atoms with van der Waals surface area (Å²) in [7, 11) is 0. The zero-order valence-corrected chi connectivity index (χ0v) is 21.7. The van der Waals surface area contributed by atoms with Crippen LogP contribution in [0.4, 0.5) is 5.69 Å². The Balaban J connectivity index is 2.09. The van der Waals surface area contributed by atoms with Gasteiger partial charge in [-0.3, -0.25) is 0 Å². The van der Waals surface area contributed by atoms with Crippen molar-refractivity contribution in [3.63, 3.8) is 0 Å². The SMILES string of the molecule is CCOC(=O)C1=C(c2c3ccc(=[N+](CC)CC)cc-3oc3cc(N(CC)CC)ccc23)C=CCC1. The van der Waals surface area contributed by atoms with Crippen molar-refractivity contribution in [2.75, 3.05) is 37.7 Å². The minimum atomic E-state index is -0.228. The summed E-state index contributed by atoms with van der Waals surface area (Å²) < 4.78 is 14.3. The first-order valence-corrected chi connectivity index (χ1v) is 13.0. The summed E-state index contributed by atoms with van der Waals surface area (Å²) in [5, 5.41) is 2.14. The third-order valence-corrected chi connectivity index (χ3v) is 6.91. The molecular weight excluding hydrogens is 436 g/mol. The molecule has 1 aromatic rings. The molecule has 1 aliphatic heterocycles. The van der Waals surface area contributed by atoms with Crippen molar-refractivity contribution in [3.8, 4) is 11.3 Å². The van der Waals surface area contributed by atoms with Gasteiger partial charge >= 0.3 is 5.97 Å². The average Bonchev–Trinajstić information content (AvgIpc) is 2.88. The summed E-state index contributed by atoms with van der Waals surface area (Å²) in [5.41, 5.74) is 5.68. The van der Waals surface area contributed by atoms with Crippen molar-refractivity contribution < 1.29 is 13.9 Å². The second-order valence-corrected chi connectivity index (χ2v) is 8.74. The van der Waals surface area contributed by atoms with E-state index in [0.717, 1.165) is 82.6 Å². The lowest BCUT2D eigenvalue weighted by atomic mass is 9.86. The lowest BCUT2D eigenvalue weighted by Crippen LogP contribution is -2.29. The molecule has 0 fully saturated rings. The lowest BCUT2D eigenvalue weighted by Gasteiger charge is -2.23. The number of fused-ring (bicyclic) bond motifs is 2. The molecule has 4 rings (SSSR count). The van der Waals surface area contributed by atoms with Crippen LogP contribution in [0.5, 0.6) is 0 Å². The number of esters is 1. The van der Waals surface area contributed by atoms with Gasteiger partial charge in [-0.2, -0.15) is 0 Å². The van der Waals surface area contributed by atoms with Gasteiger partial charge in [0.15, 0.2) is 0 Å². The fourth-order valence-electron chi connectivity index (χ4n) is 5.06. The van der Waals surface area contributed by atoms with E-state index in [1.54, 1.807) is 0 Å². The number of hydrogen-bond acceptors (Lipinski definition) is 4. The molecule has 0 bridgehead atoms. The number of benzene rings is 2. The van der Waals surface area contributed by atoms with Gasteiger partial charge in [0.1, 0.15) is 24.4 Å². The summed E-state index contributed by atoms with van der Waals surface area (Å²) in [6.45, 7) is 14.6. The van der Waals surface area contributed by atoms with Gasteiger partial charge in [-0.1, -0.05) is 12.2 Å². The lowest BCUT2D eigenvalue weighted by molar-refractivity contribution is -0.138. The molecule has 1 aromatic carbocycles. The van der Waals surface area contributed by atoms with Crippen molar-refractivity contribution in [1.82, 2.24) is 4.58 Å². The molecule has 184 valence electrons. The zero-order valence-electron chi connectivity index (χ0n) is 21.7. The molecule has 0 spiro atoms. The first-order chi connectivity index (χ1) is 17.1. The van der Waals surface area contributed by atoms with E-state index < -0.39 is 0 Å². The van der Waals surface area contributed by atoms with Gasteiger partial charge < -0.3 is 14.1 Å². The Hall–Kier alpha value is -3.34. The molecule has 0 unspecified atom stereocenters. The molecule has 0 saturated carbocycles. The molecule has 0 atom stereocenters. The van der Waals surface area contributed by atoms with Gasteiger partial charge in [0, 0.05) is 53.0 Å². The number of nitrogens with zero attached hydrogens (tertiary/aromatic N) is 2. The maximum Gasteiger partial charge on any atom is 0.334 e. The van der Waals surface area contributed by atoms with E-state index in [0.29, 0.717) is 13.0 Å². The Morgan fingerprint density at radius 3 is 2.49 bits per heavy atom. The highest BCUT2D eigenvalue weighted by atomic mass is 16.5. The van der Waals surface area contributed by atoms with Gasteiger partial charge in [-0.05, 0) is 71.2 Å². The molecule has 0 N–H and O–H groups in total. The largest absolute Gasteiger partial charge is 0.463 e. The fraction of sp³-hybridized carbons (Fsp3) is 0.400. The van der Waals surface area contributed by atoms with Gasteiger partial charge in [0.25, 0.3) is 0 Å². The molecular formula is C30H37N2O3+. The number of carbonyl (C=O) groups is 1. The maximum atomic E-state index is 12.9. The van der Waals surface area contributed by atoms with E-state index in [4.69, 9.17) is 9.15 Å². The highest BCUT2D eigenvalue weighted by Gasteiger charge is 2.25. The van der Waals surface area contributed by atoms with Crippen molar-refractivity contribution in [2.24, 2.45) is 0 Å². The summed E-state index contributed by atoms with van der Waals surface area (Å²) in [6, 6.07) is 12.8. The van der Waals surface area contributed by atoms with Crippen LogP contribution in [0.25, 0.3) is 27.9 Å². The number of carbonyl (C=O) groups excluding carboxylic acids is 1. The summed E-state index contributed by atoms with van der Waals surface area (Å²) in [6.07, 6.45) is 5.74. The van der Waals surface area contributed by atoms with E-state index >= 15 is 0 Å². The molecule has 1 heterocycles. The number of ether oxygens (including phenoxy) is 1. The second-order valence-electron chi connectivity index (χ2n) is 8.74. The number of rotatable bonds is 8. The minimum Gasteiger partial charge on any atom is -0.463 e. The maximum absolute atomic E-state index is 12.9. The molecule has 35 heavy (non-hydrogen) atoms. The predicted molar refractivity (Wildman–Crippen MR) is 145 cm³/mol. The van der Waals surface area contributed by atoms with Gasteiger partial charge in [0.2, 0.25) is 5.36 Å². The molecule has 0 amide bonds. The third-order valence-electron chi connectivity index (χ3n) is 6.91. The quantitative estimate of drug-likeness (QED) is 0.233. The first-order valence-electron chi connectivity index (χ1n) is 13.0. The van der Waals surface area contributed by atoms with E-state index in [-0.39, 0.29) is 5.97 Å². The normalized spacial score (nSPS) is 13.5. The highest BCUT2D eigenvalue weighted by molar-refractivity contribution is 6.08. The van der Waals surface area contributed by atoms with Crippen LogP contribution in [0, 0.1) is 0 Å². The van der Waals surface area contributed by atoms with E-state index in [1.807, 2.05) is 6.92 Å². The predicted octanol–water partition coefficient (Wildman–Crippen LogP) is 5.86. The second kappa shape index (κ2) is 10.9. The molecule has 5 heteroatoms. The standard InChI is InChI=1S/C30H37N2O3/c1-6-31(7-2)21-15-17-25-27(19-21)35-28-20-22(32(8-3)9-4)16-18-26(28)29(25)23-13-11-12-14-24(23)30(33)34-10-5/h11,13,15-20H,6-10,12,14H2,1-5H3/q+1. The molecule has 3 aliphatic rings. The average molecular weight is 474 g/mol. The Kier molecular flexibility index (Phi) is 7.74. The van der Waals surface area contributed by atoms with E-state index in [1.165, 1.54) is 0 Å². The van der Waals surface area contributed by atoms with Crippen LogP contribution in [0.15, 0.2) is 58.5 Å². The molecule has 2 aliphatic carbocycles. The number of anilines is 1. The van der Waals surface area contributed by atoms with Crippen molar-refractivity contribution >= 4 is 28.2 Å².